The maximum absolute atomic E-state index is 11.7. The molecule has 0 unspecified atom stereocenters. The number of anilines is 1. The fraction of sp³-hybridized carbons (Fsp3) is 0. The minimum absolute atomic E-state index is 0.0717. The van der Waals surface area contributed by atoms with Crippen molar-refractivity contribution in [3.63, 3.8) is 0 Å². The zero-order valence-electron chi connectivity index (χ0n) is 10.4. The lowest BCUT2D eigenvalue weighted by Gasteiger charge is -2.04. The lowest BCUT2D eigenvalue weighted by molar-refractivity contribution is -0.127. The molecule has 1 rings (SSSR count). The lowest BCUT2D eigenvalue weighted by atomic mass is 10.2. The summed E-state index contributed by atoms with van der Waals surface area (Å²) in [7, 11) is -4.43. The highest BCUT2D eigenvalue weighted by Gasteiger charge is 2.15. The van der Waals surface area contributed by atoms with Crippen molar-refractivity contribution in [3.05, 3.63) is 36.6 Å². The Morgan fingerprint density at radius 2 is 2.24 bits per heavy atom. The monoisotopic (exact) mass is 330 g/mol. The van der Waals surface area contributed by atoms with E-state index < -0.39 is 20.9 Å². The van der Waals surface area contributed by atoms with Gasteiger partial charge in [0.2, 0.25) is 0 Å². The maximum atomic E-state index is 11.7. The molecule has 0 spiro atoms. The molecule has 0 aliphatic heterocycles. The summed E-state index contributed by atoms with van der Waals surface area (Å²) < 4.78 is 35.2. The lowest BCUT2D eigenvalue weighted by Crippen LogP contribution is -2.18. The number of hydrogen-bond acceptors (Lipinski definition) is 7. The summed E-state index contributed by atoms with van der Waals surface area (Å²) in [5.74, 6) is -0.610. The summed E-state index contributed by atoms with van der Waals surface area (Å²) in [6, 6.07) is 5.57. The molecule has 21 heavy (non-hydrogen) atoms. The average Bonchev–Trinajstić information content (AvgIpc) is 2.41. The molecule has 112 valence electrons. The number of nitrogens with two attached hydrogens (primary N) is 1. The molecule has 0 radical (unpaired) electrons. The number of carbonyl (C=O) groups excluding carboxylic acids is 1. The standard InChI is InChI=1S/C11H10N2O6S2/c1-2-18-19-20-6-5-13-11(14)8-3-4-10(9(12)7-8)21(15,16)17/h2-4,7H,1,12H2,(H,13,14)(H,15,16,17). The molecule has 0 fully saturated rings. The van der Waals surface area contributed by atoms with Gasteiger partial charge in [0.15, 0.2) is 0 Å². The molecule has 0 heterocycles. The van der Waals surface area contributed by atoms with Crippen LogP contribution in [0.1, 0.15) is 10.4 Å². The summed E-state index contributed by atoms with van der Waals surface area (Å²) in [5.41, 5.74) is 5.27. The Bertz CT molecular complexity index is 705. The number of nitrogens with one attached hydrogen (secondary N) is 1. The van der Waals surface area contributed by atoms with Crippen LogP contribution in [-0.4, -0.2) is 18.9 Å². The first-order chi connectivity index (χ1) is 9.86. The Morgan fingerprint density at radius 1 is 1.52 bits per heavy atom. The van der Waals surface area contributed by atoms with Crippen LogP contribution in [0.3, 0.4) is 0 Å². The van der Waals surface area contributed by atoms with E-state index in [2.05, 4.69) is 32.4 Å². The molecular weight excluding hydrogens is 320 g/mol. The fourth-order valence-electron chi connectivity index (χ4n) is 1.16. The number of nitrogen functional groups attached to an aromatic ring is 1. The Kier molecular flexibility index (Phi) is 6.07. The summed E-state index contributed by atoms with van der Waals surface area (Å²) in [6.45, 7) is 3.23. The van der Waals surface area contributed by atoms with Gasteiger partial charge in [-0.2, -0.15) is 8.42 Å². The van der Waals surface area contributed by atoms with E-state index >= 15 is 0 Å². The van der Waals surface area contributed by atoms with Gasteiger partial charge in [0.05, 0.1) is 5.69 Å². The van der Waals surface area contributed by atoms with Crippen molar-refractivity contribution >= 4 is 33.8 Å². The van der Waals surface area contributed by atoms with Gasteiger partial charge in [0.25, 0.3) is 16.0 Å². The minimum Gasteiger partial charge on any atom is -0.398 e. The normalized spacial score (nSPS) is 10.1. The Labute approximate surface area is 125 Å². The van der Waals surface area contributed by atoms with Crippen molar-refractivity contribution in [2.75, 3.05) is 5.73 Å². The van der Waals surface area contributed by atoms with Gasteiger partial charge in [0.1, 0.15) is 23.2 Å². The average molecular weight is 330 g/mol. The molecule has 4 N–H and O–H groups in total. The third-order valence-electron chi connectivity index (χ3n) is 1.96. The number of carbonyl (C=O) groups is 1. The third-order valence-corrected chi connectivity index (χ3v) is 3.22. The van der Waals surface area contributed by atoms with E-state index in [1.165, 1.54) is 6.07 Å². The summed E-state index contributed by atoms with van der Waals surface area (Å²) in [6.07, 6.45) is 1.05. The molecule has 1 aromatic carbocycles. The molecule has 10 heteroatoms. The van der Waals surface area contributed by atoms with Crippen LogP contribution in [0.2, 0.25) is 0 Å². The fourth-order valence-corrected chi connectivity index (χ4v) is 1.98. The number of amides is 1. The molecule has 0 saturated heterocycles. The molecule has 0 saturated carbocycles. The van der Waals surface area contributed by atoms with E-state index in [0.717, 1.165) is 18.4 Å². The molecule has 0 aromatic heterocycles. The predicted octanol–water partition coefficient (Wildman–Crippen LogP) is 0.904. The van der Waals surface area contributed by atoms with Crippen molar-refractivity contribution in [3.8, 4) is 11.3 Å². The van der Waals surface area contributed by atoms with Crippen LogP contribution in [0.4, 0.5) is 5.69 Å². The molecule has 0 atom stereocenters. The topological polar surface area (TPSA) is 128 Å². The van der Waals surface area contributed by atoms with Gasteiger partial charge in [-0.3, -0.25) is 14.7 Å². The Morgan fingerprint density at radius 3 is 2.81 bits per heavy atom. The van der Waals surface area contributed by atoms with Crippen LogP contribution in [0, 0.1) is 11.3 Å². The molecule has 1 aromatic rings. The minimum atomic E-state index is -4.43. The highest BCUT2D eigenvalue weighted by Crippen LogP contribution is 2.19. The summed E-state index contributed by atoms with van der Waals surface area (Å²) in [5, 5.41) is 4.56. The molecular formula is C11H10N2O6S2. The second-order valence-corrected chi connectivity index (χ2v) is 5.22. The van der Waals surface area contributed by atoms with E-state index in [4.69, 9.17) is 10.3 Å². The second-order valence-electron chi connectivity index (χ2n) is 3.32. The zero-order valence-corrected chi connectivity index (χ0v) is 12.0. The maximum Gasteiger partial charge on any atom is 0.296 e. The predicted molar refractivity (Wildman–Crippen MR) is 75.9 cm³/mol. The highest BCUT2D eigenvalue weighted by atomic mass is 32.2. The van der Waals surface area contributed by atoms with Crippen molar-refractivity contribution in [2.45, 2.75) is 4.90 Å². The summed E-state index contributed by atoms with van der Waals surface area (Å²) in [4.78, 5) is 15.5. The number of hydrogen-bond donors (Lipinski definition) is 3. The summed E-state index contributed by atoms with van der Waals surface area (Å²) >= 11 is 0.618. The number of benzene rings is 1. The molecule has 0 aliphatic carbocycles. The molecule has 0 bridgehead atoms. The van der Waals surface area contributed by atoms with Gasteiger partial charge in [-0.15, -0.1) is 4.33 Å². The first-order valence-electron chi connectivity index (χ1n) is 5.13. The van der Waals surface area contributed by atoms with Crippen LogP contribution >= 0.6 is 12.0 Å². The van der Waals surface area contributed by atoms with Gasteiger partial charge < -0.3 is 10.6 Å². The molecule has 8 nitrogen and oxygen atoms in total. The van der Waals surface area contributed by atoms with Gasteiger partial charge in [-0.05, 0) is 18.2 Å². The van der Waals surface area contributed by atoms with Gasteiger partial charge in [-0.25, -0.2) is 0 Å². The van der Waals surface area contributed by atoms with Crippen molar-refractivity contribution in [1.29, 1.82) is 0 Å². The molecule has 0 aliphatic rings. The Balaban J connectivity index is 2.72. The smallest absolute Gasteiger partial charge is 0.296 e. The molecule has 1 amide bonds. The van der Waals surface area contributed by atoms with Crippen molar-refractivity contribution < 1.29 is 27.0 Å². The number of rotatable bonds is 5. The largest absolute Gasteiger partial charge is 0.398 e. The first kappa shape index (κ1) is 16.9. The van der Waals surface area contributed by atoms with Gasteiger partial charge in [0, 0.05) is 16.9 Å². The van der Waals surface area contributed by atoms with Gasteiger partial charge >= 0.3 is 0 Å². The third kappa shape index (κ3) is 5.36. The SMILES string of the molecule is C=COOSC#CNC(=O)c1ccc(S(=O)(=O)O)c(N)c1. The van der Waals surface area contributed by atoms with E-state index in [1.807, 2.05) is 0 Å². The van der Waals surface area contributed by atoms with E-state index in [1.54, 1.807) is 0 Å². The quantitative estimate of drug-likeness (QED) is 0.0836. The van der Waals surface area contributed by atoms with E-state index in [0.29, 0.717) is 12.0 Å². The highest BCUT2D eigenvalue weighted by molar-refractivity contribution is 7.99. The van der Waals surface area contributed by atoms with Crippen LogP contribution < -0.4 is 11.1 Å². The van der Waals surface area contributed by atoms with Crippen LogP contribution in [0.15, 0.2) is 35.9 Å². The zero-order chi connectivity index (χ0) is 15.9. The second kappa shape index (κ2) is 7.55. The van der Waals surface area contributed by atoms with E-state index in [9.17, 15) is 13.2 Å². The van der Waals surface area contributed by atoms with Crippen LogP contribution in [0.25, 0.3) is 0 Å². The van der Waals surface area contributed by atoms with Gasteiger partial charge in [-0.1, -0.05) is 6.58 Å². The van der Waals surface area contributed by atoms with Crippen molar-refractivity contribution in [2.24, 2.45) is 0 Å². The van der Waals surface area contributed by atoms with Crippen LogP contribution in [0.5, 0.6) is 0 Å². The van der Waals surface area contributed by atoms with E-state index in [-0.39, 0.29) is 11.3 Å². The van der Waals surface area contributed by atoms with Crippen molar-refractivity contribution in [1.82, 2.24) is 5.32 Å². The van der Waals surface area contributed by atoms with Crippen LogP contribution in [-0.2, 0) is 19.3 Å². The Hall–Kier alpha value is -2.19. The first-order valence-corrected chi connectivity index (χ1v) is 7.31.